The van der Waals surface area contributed by atoms with Crippen molar-refractivity contribution in [3.8, 4) is 0 Å². The summed E-state index contributed by atoms with van der Waals surface area (Å²) < 4.78 is 0. The van der Waals surface area contributed by atoms with Gasteiger partial charge in [-0.2, -0.15) is 0 Å². The largest absolute Gasteiger partial charge is 0.367 e. The van der Waals surface area contributed by atoms with Gasteiger partial charge in [-0.15, -0.1) is 0 Å². The fourth-order valence-electron chi connectivity index (χ4n) is 2.91. The number of nitrogens with one attached hydrogen (secondary N) is 1. The molecule has 0 aliphatic heterocycles. The number of likely N-dealkylation sites (N-methyl/N-ethyl adjacent to an activating group) is 1. The molecular weight excluding hydrogens is 310 g/mol. The monoisotopic (exact) mass is 333 g/mol. The van der Waals surface area contributed by atoms with Crippen LogP contribution in [0.3, 0.4) is 0 Å². The molecule has 1 unspecified atom stereocenters. The van der Waals surface area contributed by atoms with Gasteiger partial charge in [-0.25, -0.2) is 5.48 Å². The fraction of sp³-hybridized carbons (Fsp3) is 0.471. The number of amides is 3. The molecule has 0 heterocycles. The Balaban J connectivity index is 2.05. The summed E-state index contributed by atoms with van der Waals surface area (Å²) in [7, 11) is 1.36. The quantitative estimate of drug-likeness (QED) is 0.384. The Morgan fingerprint density at radius 3 is 2.33 bits per heavy atom. The van der Waals surface area contributed by atoms with Crippen molar-refractivity contribution in [2.75, 3.05) is 7.05 Å². The van der Waals surface area contributed by atoms with Crippen molar-refractivity contribution < 1.29 is 19.6 Å². The number of nitrogens with zero attached hydrogens (tertiary/aromatic N) is 1. The average Bonchev–Trinajstić information content (AvgIpc) is 3.34. The van der Waals surface area contributed by atoms with Gasteiger partial charge < -0.3 is 10.6 Å². The molecule has 0 radical (unpaired) electrons. The zero-order valence-electron chi connectivity index (χ0n) is 13.9. The molecule has 24 heavy (non-hydrogen) atoms. The second-order valence-electron chi connectivity index (χ2n) is 6.46. The molecular formula is C17H23N3O4. The van der Waals surface area contributed by atoms with E-state index in [0.29, 0.717) is 19.3 Å². The number of carbonyl (C=O) groups is 3. The Kier molecular flexibility index (Phi) is 5.23. The molecule has 130 valence electrons. The van der Waals surface area contributed by atoms with Crippen LogP contribution in [0.1, 0.15) is 30.4 Å². The van der Waals surface area contributed by atoms with Crippen molar-refractivity contribution in [2.45, 2.75) is 38.6 Å². The van der Waals surface area contributed by atoms with Crippen LogP contribution in [0.15, 0.2) is 24.3 Å². The maximum Gasteiger partial charge on any atom is 0.275 e. The normalized spacial score (nSPS) is 16.1. The van der Waals surface area contributed by atoms with Crippen LogP contribution in [0.25, 0.3) is 0 Å². The van der Waals surface area contributed by atoms with E-state index in [1.54, 1.807) is 0 Å². The minimum Gasteiger partial charge on any atom is -0.367 e. The van der Waals surface area contributed by atoms with Gasteiger partial charge in [0.25, 0.3) is 5.91 Å². The van der Waals surface area contributed by atoms with Gasteiger partial charge in [-0.1, -0.05) is 29.8 Å². The molecule has 1 atom stereocenters. The number of primary amides is 1. The smallest absolute Gasteiger partial charge is 0.275 e. The molecule has 7 nitrogen and oxygen atoms in total. The zero-order valence-corrected chi connectivity index (χ0v) is 13.9. The Morgan fingerprint density at radius 1 is 1.29 bits per heavy atom. The van der Waals surface area contributed by atoms with E-state index in [1.807, 2.05) is 31.2 Å². The lowest BCUT2D eigenvalue weighted by atomic mass is 9.94. The molecule has 1 fully saturated rings. The Labute approximate surface area is 140 Å². The topological polar surface area (TPSA) is 113 Å². The van der Waals surface area contributed by atoms with Gasteiger partial charge in [0.1, 0.15) is 0 Å². The van der Waals surface area contributed by atoms with E-state index in [0.717, 1.165) is 16.9 Å². The number of hydrogen-bond acceptors (Lipinski definition) is 4. The third-order valence-corrected chi connectivity index (χ3v) is 4.66. The lowest BCUT2D eigenvalue weighted by Gasteiger charge is -2.28. The van der Waals surface area contributed by atoms with E-state index < -0.39 is 23.3 Å². The maximum atomic E-state index is 12.7. The van der Waals surface area contributed by atoms with E-state index >= 15 is 0 Å². The third-order valence-electron chi connectivity index (χ3n) is 4.66. The van der Waals surface area contributed by atoms with Gasteiger partial charge >= 0.3 is 0 Å². The summed E-state index contributed by atoms with van der Waals surface area (Å²) in [5.41, 5.74) is 8.34. The SMILES string of the molecule is Cc1ccc(CCC2(C(=O)N(C)C(C(N)=O)C(=O)NO)CC2)cc1. The summed E-state index contributed by atoms with van der Waals surface area (Å²) in [6.45, 7) is 2.01. The second kappa shape index (κ2) is 7.00. The zero-order chi connectivity index (χ0) is 17.9. The predicted molar refractivity (Wildman–Crippen MR) is 86.8 cm³/mol. The first-order valence-corrected chi connectivity index (χ1v) is 7.87. The first-order valence-electron chi connectivity index (χ1n) is 7.87. The molecule has 1 aliphatic rings. The first-order chi connectivity index (χ1) is 11.3. The molecule has 1 aliphatic carbocycles. The summed E-state index contributed by atoms with van der Waals surface area (Å²) >= 11 is 0. The highest BCUT2D eigenvalue weighted by atomic mass is 16.5. The maximum absolute atomic E-state index is 12.7. The first kappa shape index (κ1) is 17.9. The lowest BCUT2D eigenvalue weighted by molar-refractivity contribution is -0.151. The number of hydroxylamine groups is 1. The van der Waals surface area contributed by atoms with Crippen LogP contribution in [0, 0.1) is 12.3 Å². The fourth-order valence-corrected chi connectivity index (χ4v) is 2.91. The van der Waals surface area contributed by atoms with Gasteiger partial charge in [0.2, 0.25) is 11.8 Å². The van der Waals surface area contributed by atoms with E-state index in [9.17, 15) is 14.4 Å². The summed E-state index contributed by atoms with van der Waals surface area (Å²) in [5, 5.41) is 8.73. The number of hydrogen-bond donors (Lipinski definition) is 3. The van der Waals surface area contributed by atoms with Crippen LogP contribution in [0.5, 0.6) is 0 Å². The highest BCUT2D eigenvalue weighted by Crippen LogP contribution is 2.51. The Hall–Kier alpha value is -2.41. The molecule has 1 aromatic rings. The van der Waals surface area contributed by atoms with Crippen LogP contribution >= 0.6 is 0 Å². The molecule has 3 amide bonds. The van der Waals surface area contributed by atoms with Gasteiger partial charge in [0.15, 0.2) is 6.04 Å². The minimum absolute atomic E-state index is 0.290. The molecule has 0 aromatic heterocycles. The number of nitrogens with two attached hydrogens (primary N) is 1. The standard InChI is InChI=1S/C17H23N3O4/c1-11-3-5-12(6-4-11)7-8-17(9-10-17)16(23)20(2)13(14(18)21)15(22)19-24/h3-6,13,24H,7-10H2,1-2H3,(H2,18,21)(H,19,22). The minimum atomic E-state index is -1.51. The van der Waals surface area contributed by atoms with Crippen molar-refractivity contribution in [1.82, 2.24) is 10.4 Å². The highest BCUT2D eigenvalue weighted by molar-refractivity contribution is 6.06. The van der Waals surface area contributed by atoms with E-state index in [4.69, 9.17) is 10.9 Å². The Bertz CT molecular complexity index is 638. The van der Waals surface area contributed by atoms with Crippen LogP contribution in [-0.4, -0.2) is 40.9 Å². The number of aryl methyl sites for hydroxylation is 2. The van der Waals surface area contributed by atoms with E-state index in [1.165, 1.54) is 18.1 Å². The molecule has 4 N–H and O–H groups in total. The van der Waals surface area contributed by atoms with Gasteiger partial charge in [0.05, 0.1) is 0 Å². The molecule has 1 saturated carbocycles. The third kappa shape index (κ3) is 3.73. The summed E-state index contributed by atoms with van der Waals surface area (Å²) in [6, 6.07) is 6.60. The number of benzene rings is 1. The van der Waals surface area contributed by atoms with Gasteiger partial charge in [0, 0.05) is 12.5 Å². The van der Waals surface area contributed by atoms with Crippen molar-refractivity contribution in [1.29, 1.82) is 0 Å². The number of carbonyl (C=O) groups excluding carboxylic acids is 3. The molecule has 0 saturated heterocycles. The molecule has 7 heteroatoms. The van der Waals surface area contributed by atoms with E-state index in [2.05, 4.69) is 0 Å². The summed E-state index contributed by atoms with van der Waals surface area (Å²) in [6.07, 6.45) is 2.82. The van der Waals surface area contributed by atoms with Crippen molar-refractivity contribution in [3.05, 3.63) is 35.4 Å². The molecule has 0 spiro atoms. The van der Waals surface area contributed by atoms with Crippen LogP contribution in [0.4, 0.5) is 0 Å². The van der Waals surface area contributed by atoms with Crippen molar-refractivity contribution >= 4 is 17.7 Å². The van der Waals surface area contributed by atoms with Crippen LogP contribution in [0.2, 0.25) is 0 Å². The average molecular weight is 333 g/mol. The van der Waals surface area contributed by atoms with Gasteiger partial charge in [-0.3, -0.25) is 19.6 Å². The van der Waals surface area contributed by atoms with Crippen molar-refractivity contribution in [3.63, 3.8) is 0 Å². The lowest BCUT2D eigenvalue weighted by Crippen LogP contribution is -2.55. The summed E-state index contributed by atoms with van der Waals surface area (Å²) in [4.78, 5) is 36.8. The molecule has 0 bridgehead atoms. The Morgan fingerprint density at radius 2 is 1.88 bits per heavy atom. The molecule has 1 aromatic carbocycles. The van der Waals surface area contributed by atoms with Gasteiger partial charge in [-0.05, 0) is 38.2 Å². The molecule has 2 rings (SSSR count). The number of rotatable bonds is 7. The highest BCUT2D eigenvalue weighted by Gasteiger charge is 2.52. The van der Waals surface area contributed by atoms with Crippen molar-refractivity contribution in [2.24, 2.45) is 11.1 Å². The second-order valence-corrected chi connectivity index (χ2v) is 6.46. The summed E-state index contributed by atoms with van der Waals surface area (Å²) in [5.74, 6) is -2.28. The van der Waals surface area contributed by atoms with Crippen LogP contribution in [-0.2, 0) is 20.8 Å². The predicted octanol–water partition coefficient (Wildman–Crippen LogP) is 0.526. The van der Waals surface area contributed by atoms with E-state index in [-0.39, 0.29) is 5.91 Å². The van der Waals surface area contributed by atoms with Crippen LogP contribution < -0.4 is 11.2 Å².